The first-order chi connectivity index (χ1) is 16.6. The summed E-state index contributed by atoms with van der Waals surface area (Å²) >= 11 is 0. The summed E-state index contributed by atoms with van der Waals surface area (Å²) in [5.41, 5.74) is 15.7. The van der Waals surface area contributed by atoms with Gasteiger partial charge in [0.1, 0.15) is 18.1 Å². The zero-order valence-corrected chi connectivity index (χ0v) is 20.3. The van der Waals surface area contributed by atoms with Crippen molar-refractivity contribution in [2.75, 3.05) is 6.54 Å². The number of primary amides is 2. The highest BCUT2D eigenvalue weighted by Crippen LogP contribution is 2.04. The van der Waals surface area contributed by atoms with Gasteiger partial charge in [-0.1, -0.05) is 13.8 Å². The molecule has 0 aliphatic heterocycles. The van der Waals surface area contributed by atoms with Crippen LogP contribution in [0.2, 0.25) is 0 Å². The molecule has 12 N–H and O–H groups in total. The van der Waals surface area contributed by atoms with Crippen molar-refractivity contribution in [1.82, 2.24) is 21.3 Å². The van der Waals surface area contributed by atoms with Gasteiger partial charge in [0.15, 0.2) is 0 Å². The summed E-state index contributed by atoms with van der Waals surface area (Å²) in [5, 5.41) is 27.8. The first-order valence-electron chi connectivity index (χ1n) is 11.0. The Morgan fingerprint density at radius 2 is 1.39 bits per heavy atom. The molecule has 0 aromatic rings. The Bertz CT molecular complexity index is 847. The lowest BCUT2D eigenvalue weighted by atomic mass is 10.0. The van der Waals surface area contributed by atoms with E-state index in [2.05, 4.69) is 16.0 Å². The fourth-order valence-corrected chi connectivity index (χ4v) is 2.79. The molecule has 0 rings (SSSR count). The predicted octanol–water partition coefficient (Wildman–Crippen LogP) is -4.85. The molecule has 0 radical (unpaired) electrons. The van der Waals surface area contributed by atoms with Crippen LogP contribution < -0.4 is 38.5 Å². The summed E-state index contributed by atoms with van der Waals surface area (Å²) in [5.74, 6) is -7.09. The number of carbonyl (C=O) groups is 7. The van der Waals surface area contributed by atoms with Gasteiger partial charge in [-0.05, 0) is 19.3 Å². The molecule has 0 aromatic heterocycles. The van der Waals surface area contributed by atoms with E-state index < -0.39 is 90.6 Å². The van der Waals surface area contributed by atoms with E-state index in [-0.39, 0.29) is 12.8 Å². The number of carboxylic acid groups (broad SMARTS) is 1. The number of hydrogen-bond acceptors (Lipinski definition) is 9. The van der Waals surface area contributed by atoms with Crippen molar-refractivity contribution < 1.29 is 43.8 Å². The Labute approximate surface area is 207 Å². The van der Waals surface area contributed by atoms with Crippen LogP contribution in [0, 0.1) is 5.92 Å². The van der Waals surface area contributed by atoms with E-state index in [0.717, 1.165) is 6.92 Å². The molecule has 0 aliphatic carbocycles. The van der Waals surface area contributed by atoms with Gasteiger partial charge in [0, 0.05) is 6.42 Å². The topological polar surface area (TPSA) is 286 Å². The maximum Gasteiger partial charge on any atom is 0.326 e. The number of nitrogens with one attached hydrogen (secondary N) is 4. The average Bonchev–Trinajstić information content (AvgIpc) is 2.75. The quantitative estimate of drug-likeness (QED) is 0.0940. The van der Waals surface area contributed by atoms with Crippen molar-refractivity contribution in [3.8, 4) is 0 Å². The molecule has 0 bridgehead atoms. The van der Waals surface area contributed by atoms with Crippen LogP contribution in [0.5, 0.6) is 0 Å². The van der Waals surface area contributed by atoms with Crippen LogP contribution in [-0.2, 0) is 33.6 Å². The lowest BCUT2D eigenvalue weighted by molar-refractivity contribution is -0.144. The number of carbonyl (C=O) groups excluding carboxylic acids is 6. The van der Waals surface area contributed by atoms with E-state index >= 15 is 0 Å². The molecule has 6 amide bonds. The Kier molecular flexibility index (Phi) is 13.6. The van der Waals surface area contributed by atoms with Crippen LogP contribution in [0.3, 0.4) is 0 Å². The largest absolute Gasteiger partial charge is 0.480 e. The summed E-state index contributed by atoms with van der Waals surface area (Å²) in [6.45, 7) is 3.74. The minimum absolute atomic E-state index is 0.0268. The monoisotopic (exact) mass is 517 g/mol. The van der Waals surface area contributed by atoms with Crippen LogP contribution in [0.15, 0.2) is 0 Å². The van der Waals surface area contributed by atoms with E-state index in [4.69, 9.17) is 22.3 Å². The molecule has 0 saturated carbocycles. The summed E-state index contributed by atoms with van der Waals surface area (Å²) in [7, 11) is 0. The molecule has 36 heavy (non-hydrogen) atoms. The molecule has 0 fully saturated rings. The van der Waals surface area contributed by atoms with Gasteiger partial charge in [0.25, 0.3) is 0 Å². The van der Waals surface area contributed by atoms with E-state index in [9.17, 15) is 38.7 Å². The lowest BCUT2D eigenvalue weighted by Crippen LogP contribution is -2.58. The molecule has 0 aromatic carbocycles. The summed E-state index contributed by atoms with van der Waals surface area (Å²) < 4.78 is 0. The van der Waals surface area contributed by atoms with E-state index in [1.165, 1.54) is 0 Å². The van der Waals surface area contributed by atoms with Gasteiger partial charge in [-0.2, -0.15) is 0 Å². The van der Waals surface area contributed by atoms with Gasteiger partial charge >= 0.3 is 5.97 Å². The predicted molar refractivity (Wildman–Crippen MR) is 123 cm³/mol. The van der Waals surface area contributed by atoms with Gasteiger partial charge in [-0.15, -0.1) is 0 Å². The maximum atomic E-state index is 12.5. The van der Waals surface area contributed by atoms with Crippen molar-refractivity contribution in [1.29, 1.82) is 0 Å². The van der Waals surface area contributed by atoms with Crippen LogP contribution in [0.1, 0.15) is 40.0 Å². The van der Waals surface area contributed by atoms with Gasteiger partial charge in [0.2, 0.25) is 35.4 Å². The third kappa shape index (κ3) is 12.1. The second-order valence-corrected chi connectivity index (χ2v) is 8.42. The van der Waals surface area contributed by atoms with Crippen molar-refractivity contribution in [3.05, 3.63) is 0 Å². The highest BCUT2D eigenvalue weighted by atomic mass is 16.4. The van der Waals surface area contributed by atoms with Crippen molar-refractivity contribution in [2.45, 2.75) is 70.3 Å². The van der Waals surface area contributed by atoms with Crippen LogP contribution in [0.25, 0.3) is 0 Å². The highest BCUT2D eigenvalue weighted by molar-refractivity contribution is 5.95. The molecule has 0 saturated heterocycles. The molecule has 0 spiro atoms. The third-order valence-corrected chi connectivity index (χ3v) is 4.81. The molecule has 0 unspecified atom stereocenters. The molecule has 204 valence electrons. The molecule has 5 atom stereocenters. The van der Waals surface area contributed by atoms with Crippen molar-refractivity contribution in [2.24, 2.45) is 23.1 Å². The Hall–Kier alpha value is -3.79. The van der Waals surface area contributed by atoms with Gasteiger partial charge < -0.3 is 48.7 Å². The van der Waals surface area contributed by atoms with Gasteiger partial charge in [-0.25, -0.2) is 4.79 Å². The summed E-state index contributed by atoms with van der Waals surface area (Å²) in [4.78, 5) is 82.4. The van der Waals surface area contributed by atoms with Crippen LogP contribution >= 0.6 is 0 Å². The molecular weight excluding hydrogens is 482 g/mol. The number of aliphatic hydroxyl groups is 1. The number of rotatable bonds is 16. The van der Waals surface area contributed by atoms with Crippen LogP contribution in [-0.4, -0.2) is 88.4 Å². The first kappa shape index (κ1) is 32.2. The SMILES string of the molecule is CC(C)[C@H](NC(=O)[C@@H](N)CCC(N)=O)C(=O)NCC(=O)N[C@H](C(=O)N[C@@H](CC(N)=O)C(=O)O)[C@@H](C)O. The second-order valence-electron chi connectivity index (χ2n) is 8.42. The Morgan fingerprint density at radius 3 is 1.83 bits per heavy atom. The fraction of sp³-hybridized carbons (Fsp3) is 0.650. The molecule has 0 heterocycles. The van der Waals surface area contributed by atoms with Gasteiger partial charge in [0.05, 0.1) is 25.1 Å². The average molecular weight is 518 g/mol. The number of carboxylic acids is 1. The summed E-state index contributed by atoms with van der Waals surface area (Å²) in [6.07, 6.45) is -2.34. The Morgan fingerprint density at radius 1 is 0.806 bits per heavy atom. The van der Waals surface area contributed by atoms with Crippen molar-refractivity contribution in [3.63, 3.8) is 0 Å². The van der Waals surface area contributed by atoms with Crippen molar-refractivity contribution >= 4 is 41.4 Å². The number of aliphatic carboxylic acids is 1. The van der Waals surface area contributed by atoms with E-state index in [1.54, 1.807) is 13.8 Å². The zero-order chi connectivity index (χ0) is 28.2. The molecular formula is C20H35N7O9. The molecule has 16 heteroatoms. The van der Waals surface area contributed by atoms with E-state index in [1.807, 2.05) is 5.32 Å². The first-order valence-corrected chi connectivity index (χ1v) is 11.0. The summed E-state index contributed by atoms with van der Waals surface area (Å²) in [6, 6.07) is -5.49. The van der Waals surface area contributed by atoms with E-state index in [0.29, 0.717) is 0 Å². The number of aliphatic hydroxyl groups excluding tert-OH is 1. The molecule has 0 aliphatic rings. The zero-order valence-electron chi connectivity index (χ0n) is 20.3. The van der Waals surface area contributed by atoms with Crippen LogP contribution in [0.4, 0.5) is 0 Å². The minimum atomic E-state index is -1.68. The maximum absolute atomic E-state index is 12.5. The highest BCUT2D eigenvalue weighted by Gasteiger charge is 2.31. The number of amides is 6. The Balaban J connectivity index is 5.07. The van der Waals surface area contributed by atoms with Gasteiger partial charge in [-0.3, -0.25) is 28.8 Å². The minimum Gasteiger partial charge on any atom is -0.480 e. The normalized spacial score (nSPS) is 14.9. The standard InChI is InChI=1S/C20H35N7O9/c1-8(2)15(27-17(32)10(21)4-5-12(22)29)18(33)24-7-14(31)26-16(9(3)28)19(34)25-11(20(35)36)6-13(23)30/h8-11,15-16,28H,4-7,21H2,1-3H3,(H2,22,29)(H2,23,30)(H,24,33)(H,25,34)(H,26,31)(H,27,32)(H,35,36)/t9-,10+,11+,15+,16+/m1/s1. The number of hydrogen-bond donors (Lipinski definition) is 9. The second kappa shape index (κ2) is 15.3. The number of nitrogens with two attached hydrogens (primary N) is 3. The third-order valence-electron chi connectivity index (χ3n) is 4.81. The smallest absolute Gasteiger partial charge is 0.326 e. The lowest BCUT2D eigenvalue weighted by Gasteiger charge is -2.24. The fourth-order valence-electron chi connectivity index (χ4n) is 2.79. The molecule has 16 nitrogen and oxygen atoms in total.